The predicted molar refractivity (Wildman–Crippen MR) is 100 cm³/mol. The fourth-order valence-electron chi connectivity index (χ4n) is 2.67. The number of carbonyl (C=O) groups is 1. The van der Waals surface area contributed by atoms with E-state index in [0.29, 0.717) is 34.1 Å². The molecule has 0 saturated heterocycles. The van der Waals surface area contributed by atoms with Gasteiger partial charge in [-0.25, -0.2) is 9.48 Å². The first-order valence-corrected chi connectivity index (χ1v) is 8.82. The lowest BCUT2D eigenvalue weighted by Gasteiger charge is -2.03. The highest BCUT2D eigenvalue weighted by atomic mass is 32.1. The Labute approximate surface area is 153 Å². The van der Waals surface area contributed by atoms with Crippen LogP contribution >= 0.6 is 11.3 Å². The van der Waals surface area contributed by atoms with Crippen molar-refractivity contribution in [2.75, 3.05) is 12.3 Å². The van der Waals surface area contributed by atoms with Crippen molar-refractivity contribution in [1.82, 2.24) is 20.0 Å². The molecule has 4 rings (SSSR count). The molecule has 7 nitrogen and oxygen atoms in total. The zero-order valence-electron chi connectivity index (χ0n) is 13.9. The Morgan fingerprint density at radius 2 is 2.19 bits per heavy atom. The number of hydrogen-bond acceptors (Lipinski definition) is 7. The monoisotopic (exact) mass is 365 g/mol. The molecule has 3 aromatic heterocycles. The van der Waals surface area contributed by atoms with Crippen molar-refractivity contribution in [2.24, 2.45) is 0 Å². The number of hydrogen-bond donors (Lipinski definition) is 1. The van der Waals surface area contributed by atoms with Gasteiger partial charge in [-0.15, -0.1) is 16.4 Å². The van der Waals surface area contributed by atoms with Crippen molar-refractivity contribution in [3.63, 3.8) is 0 Å². The summed E-state index contributed by atoms with van der Waals surface area (Å²) in [5.41, 5.74) is 9.25. The third-order valence-electron chi connectivity index (χ3n) is 3.79. The Bertz CT molecular complexity index is 1100. The summed E-state index contributed by atoms with van der Waals surface area (Å²) in [5.74, 6) is -0.397. The molecule has 0 radical (unpaired) electrons. The first-order chi connectivity index (χ1) is 12.7. The van der Waals surface area contributed by atoms with Crippen molar-refractivity contribution >= 4 is 33.2 Å². The van der Waals surface area contributed by atoms with Gasteiger partial charge >= 0.3 is 5.97 Å². The van der Waals surface area contributed by atoms with E-state index in [1.54, 1.807) is 24.0 Å². The third kappa shape index (κ3) is 2.80. The van der Waals surface area contributed by atoms with Gasteiger partial charge in [0.2, 0.25) is 0 Å². The van der Waals surface area contributed by atoms with Gasteiger partial charge < -0.3 is 10.5 Å². The number of nitrogen functional groups attached to an aromatic ring is 1. The number of rotatable bonds is 4. The number of nitrogens with two attached hydrogens (primary N) is 1. The van der Waals surface area contributed by atoms with E-state index in [-0.39, 0.29) is 0 Å². The van der Waals surface area contributed by atoms with Gasteiger partial charge in [0.1, 0.15) is 21.8 Å². The SMILES string of the molecule is CCOC(=O)c1sc2cccnc2c1-n1cc(-c2cccc(N)c2)nn1. The largest absolute Gasteiger partial charge is 0.462 e. The van der Waals surface area contributed by atoms with Crippen LogP contribution in [-0.4, -0.2) is 32.6 Å². The zero-order chi connectivity index (χ0) is 18.1. The molecule has 4 aromatic rings. The summed E-state index contributed by atoms with van der Waals surface area (Å²) < 4.78 is 7.64. The minimum Gasteiger partial charge on any atom is -0.462 e. The van der Waals surface area contributed by atoms with E-state index in [1.165, 1.54) is 11.3 Å². The van der Waals surface area contributed by atoms with E-state index in [2.05, 4.69) is 15.3 Å². The minimum absolute atomic E-state index is 0.297. The molecule has 130 valence electrons. The average Bonchev–Trinajstić information content (AvgIpc) is 3.26. The Balaban J connectivity index is 1.86. The maximum atomic E-state index is 12.4. The van der Waals surface area contributed by atoms with Gasteiger partial charge in [-0.05, 0) is 31.2 Å². The van der Waals surface area contributed by atoms with E-state index in [4.69, 9.17) is 10.5 Å². The number of ether oxygens (including phenoxy) is 1. The number of fused-ring (bicyclic) bond motifs is 1. The number of pyridine rings is 1. The molecule has 0 atom stereocenters. The minimum atomic E-state index is -0.397. The van der Waals surface area contributed by atoms with Crippen LogP contribution in [0.25, 0.3) is 27.2 Å². The van der Waals surface area contributed by atoms with Gasteiger partial charge in [0.25, 0.3) is 0 Å². The predicted octanol–water partition coefficient (Wildman–Crippen LogP) is 3.30. The molecular weight excluding hydrogens is 350 g/mol. The standard InChI is InChI=1S/C18H15N5O2S/c1-2-25-18(24)17-16(15-14(26-17)7-4-8-20-15)23-10-13(21-22-23)11-5-3-6-12(19)9-11/h3-10H,2,19H2,1H3. The smallest absolute Gasteiger partial charge is 0.350 e. The molecule has 0 aliphatic heterocycles. The second-order valence-corrected chi connectivity index (χ2v) is 6.58. The third-order valence-corrected chi connectivity index (χ3v) is 4.90. The van der Waals surface area contributed by atoms with Crippen LogP contribution in [0.4, 0.5) is 5.69 Å². The van der Waals surface area contributed by atoms with Crippen LogP contribution in [0.1, 0.15) is 16.6 Å². The molecule has 0 fully saturated rings. The normalized spacial score (nSPS) is 11.0. The van der Waals surface area contributed by atoms with Gasteiger partial charge in [-0.2, -0.15) is 0 Å². The van der Waals surface area contributed by atoms with Gasteiger partial charge in [0, 0.05) is 17.4 Å². The maximum Gasteiger partial charge on any atom is 0.350 e. The van der Waals surface area contributed by atoms with Crippen LogP contribution in [0.15, 0.2) is 48.8 Å². The van der Waals surface area contributed by atoms with E-state index in [9.17, 15) is 4.79 Å². The summed E-state index contributed by atoms with van der Waals surface area (Å²) in [4.78, 5) is 17.3. The Morgan fingerprint density at radius 3 is 3.00 bits per heavy atom. The van der Waals surface area contributed by atoms with Crippen LogP contribution in [0, 0.1) is 0 Å². The lowest BCUT2D eigenvalue weighted by Crippen LogP contribution is -2.07. The number of carbonyl (C=O) groups excluding carboxylic acids is 1. The summed E-state index contributed by atoms with van der Waals surface area (Å²) in [5, 5.41) is 8.42. The molecule has 1 aromatic carbocycles. The fraction of sp³-hybridized carbons (Fsp3) is 0.111. The average molecular weight is 365 g/mol. The summed E-state index contributed by atoms with van der Waals surface area (Å²) >= 11 is 1.33. The molecule has 0 bridgehead atoms. The van der Waals surface area contributed by atoms with E-state index in [1.807, 2.05) is 36.4 Å². The van der Waals surface area contributed by atoms with E-state index >= 15 is 0 Å². The molecule has 2 N–H and O–H groups in total. The molecule has 0 aliphatic carbocycles. The van der Waals surface area contributed by atoms with Crippen LogP contribution in [0.2, 0.25) is 0 Å². The van der Waals surface area contributed by atoms with Crippen molar-refractivity contribution in [3.05, 3.63) is 53.7 Å². The van der Waals surface area contributed by atoms with Crippen molar-refractivity contribution < 1.29 is 9.53 Å². The molecule has 8 heteroatoms. The van der Waals surface area contributed by atoms with Crippen molar-refractivity contribution in [3.8, 4) is 16.9 Å². The number of anilines is 1. The summed E-state index contributed by atoms with van der Waals surface area (Å²) in [6.07, 6.45) is 3.44. The van der Waals surface area contributed by atoms with Gasteiger partial charge in [-0.1, -0.05) is 17.3 Å². The lowest BCUT2D eigenvalue weighted by molar-refractivity contribution is 0.0532. The topological polar surface area (TPSA) is 95.9 Å². The molecule has 0 amide bonds. The Morgan fingerprint density at radius 1 is 1.31 bits per heavy atom. The van der Waals surface area contributed by atoms with Crippen LogP contribution in [0.5, 0.6) is 0 Å². The van der Waals surface area contributed by atoms with Crippen molar-refractivity contribution in [1.29, 1.82) is 0 Å². The van der Waals surface area contributed by atoms with Crippen LogP contribution in [0.3, 0.4) is 0 Å². The number of nitrogens with zero attached hydrogens (tertiary/aromatic N) is 4. The number of esters is 1. The molecule has 0 spiro atoms. The quantitative estimate of drug-likeness (QED) is 0.440. The lowest BCUT2D eigenvalue weighted by atomic mass is 10.1. The first-order valence-electron chi connectivity index (χ1n) is 8.00. The highest BCUT2D eigenvalue weighted by Gasteiger charge is 2.23. The molecule has 0 aliphatic rings. The van der Waals surface area contributed by atoms with Gasteiger partial charge in [0.15, 0.2) is 0 Å². The Kier molecular flexibility index (Phi) is 4.10. The summed E-state index contributed by atoms with van der Waals surface area (Å²) in [7, 11) is 0. The highest BCUT2D eigenvalue weighted by molar-refractivity contribution is 7.21. The van der Waals surface area contributed by atoms with Crippen molar-refractivity contribution in [2.45, 2.75) is 6.92 Å². The highest BCUT2D eigenvalue weighted by Crippen LogP contribution is 2.33. The Hall–Kier alpha value is -3.26. The second kappa shape index (κ2) is 6.57. The van der Waals surface area contributed by atoms with E-state index < -0.39 is 5.97 Å². The number of benzene rings is 1. The van der Waals surface area contributed by atoms with Crippen LogP contribution < -0.4 is 5.73 Å². The fourth-order valence-corrected chi connectivity index (χ4v) is 3.71. The molecular formula is C18H15N5O2S. The number of thiophene rings is 1. The molecule has 0 saturated carbocycles. The van der Waals surface area contributed by atoms with E-state index in [0.717, 1.165) is 10.3 Å². The van der Waals surface area contributed by atoms with Crippen LogP contribution in [-0.2, 0) is 4.74 Å². The molecule has 0 unspecified atom stereocenters. The van der Waals surface area contributed by atoms with Gasteiger partial charge in [-0.3, -0.25) is 4.98 Å². The summed E-state index contributed by atoms with van der Waals surface area (Å²) in [6.45, 7) is 2.07. The molecule has 3 heterocycles. The second-order valence-electron chi connectivity index (χ2n) is 5.52. The maximum absolute atomic E-state index is 12.4. The first kappa shape index (κ1) is 16.2. The zero-order valence-corrected chi connectivity index (χ0v) is 14.7. The molecule has 26 heavy (non-hydrogen) atoms. The van der Waals surface area contributed by atoms with Gasteiger partial charge in [0.05, 0.1) is 17.5 Å². The number of aromatic nitrogens is 4. The summed E-state index contributed by atoms with van der Waals surface area (Å²) in [6, 6.07) is 11.1.